The molecule has 2 saturated heterocycles. The van der Waals surface area contributed by atoms with Crippen molar-refractivity contribution in [3.8, 4) is 0 Å². The van der Waals surface area contributed by atoms with E-state index in [1.54, 1.807) is 4.90 Å². The molecule has 2 aliphatic heterocycles. The number of carbonyl (C=O) groups is 1. The van der Waals surface area contributed by atoms with Crippen molar-refractivity contribution in [2.24, 2.45) is 0 Å². The van der Waals surface area contributed by atoms with Crippen LogP contribution in [0.15, 0.2) is 24.3 Å². The lowest BCUT2D eigenvalue weighted by Crippen LogP contribution is -3.19. The van der Waals surface area contributed by atoms with E-state index in [0.717, 1.165) is 36.9 Å². The van der Waals surface area contributed by atoms with Gasteiger partial charge >= 0.3 is 0 Å². The highest BCUT2D eigenvalue weighted by Gasteiger charge is 2.38. The summed E-state index contributed by atoms with van der Waals surface area (Å²) in [5.74, 6) is 0.370. The van der Waals surface area contributed by atoms with Crippen molar-refractivity contribution in [3.63, 3.8) is 0 Å². The first kappa shape index (κ1) is 20.4. The van der Waals surface area contributed by atoms with Crippen molar-refractivity contribution in [1.82, 2.24) is 4.90 Å². The van der Waals surface area contributed by atoms with Crippen LogP contribution in [0.1, 0.15) is 20.3 Å². The minimum absolute atomic E-state index is 0.0702. The summed E-state index contributed by atoms with van der Waals surface area (Å²) in [6.45, 7) is 7.87. The summed E-state index contributed by atoms with van der Waals surface area (Å²) in [4.78, 5) is 18.4. The van der Waals surface area contributed by atoms with Crippen LogP contribution < -0.4 is 9.80 Å². The highest BCUT2D eigenvalue weighted by atomic mass is 35.5. The van der Waals surface area contributed by atoms with Crippen LogP contribution in [0.4, 0.5) is 5.69 Å². The Balaban J connectivity index is 1.60. The third kappa shape index (κ3) is 4.58. The number of benzene rings is 1. The average molecular weight is 415 g/mol. The molecule has 6 nitrogen and oxygen atoms in total. The summed E-state index contributed by atoms with van der Waals surface area (Å²) in [6, 6.07) is 7.51. The molecule has 1 N–H and O–H groups in total. The second-order valence-electron chi connectivity index (χ2n) is 7.50. The quantitative estimate of drug-likeness (QED) is 0.760. The lowest BCUT2D eigenvalue weighted by atomic mass is 10.1. The number of carbonyl (C=O) groups excluding carboxylic acids is 1. The smallest absolute Gasteiger partial charge is 0.280 e. The molecule has 0 spiro atoms. The molecule has 27 heavy (non-hydrogen) atoms. The van der Waals surface area contributed by atoms with Crippen LogP contribution in [-0.2, 0) is 14.6 Å². The number of halogens is 1. The maximum absolute atomic E-state index is 13.1. The molecule has 3 rings (SSSR count). The van der Waals surface area contributed by atoms with Gasteiger partial charge in [-0.15, -0.1) is 0 Å². The molecule has 1 aromatic carbocycles. The largest absolute Gasteiger partial charge is 0.359 e. The number of hydrogen-bond acceptors (Lipinski definition) is 4. The SMILES string of the molecule is CCN(C(=O)[C@@H](C)[NH+]1CCN(c2ccccc2Cl)CC1)[C@H]1CCS(=O)(=O)C1. The van der Waals surface area contributed by atoms with Gasteiger partial charge in [0.25, 0.3) is 5.91 Å². The minimum atomic E-state index is -3.00. The topological polar surface area (TPSA) is 62.1 Å². The number of piperazine rings is 1. The van der Waals surface area contributed by atoms with Crippen LogP contribution in [0, 0.1) is 0 Å². The zero-order chi connectivity index (χ0) is 19.6. The summed E-state index contributed by atoms with van der Waals surface area (Å²) in [5, 5.41) is 0.754. The van der Waals surface area contributed by atoms with Crippen LogP contribution >= 0.6 is 11.6 Å². The minimum Gasteiger partial charge on any atom is -0.359 e. The molecule has 2 fully saturated rings. The van der Waals surface area contributed by atoms with E-state index in [1.807, 2.05) is 38.1 Å². The monoisotopic (exact) mass is 414 g/mol. The van der Waals surface area contributed by atoms with Crippen LogP contribution in [0.3, 0.4) is 0 Å². The van der Waals surface area contributed by atoms with Crippen molar-refractivity contribution in [2.45, 2.75) is 32.4 Å². The van der Waals surface area contributed by atoms with Crippen molar-refractivity contribution >= 4 is 33.0 Å². The molecule has 0 aliphatic carbocycles. The van der Waals surface area contributed by atoms with E-state index in [9.17, 15) is 13.2 Å². The van der Waals surface area contributed by atoms with Gasteiger partial charge in [-0.05, 0) is 32.4 Å². The molecule has 0 bridgehead atoms. The summed E-state index contributed by atoms with van der Waals surface area (Å²) in [7, 11) is -3.00. The normalized spacial score (nSPS) is 24.0. The van der Waals surface area contributed by atoms with E-state index in [4.69, 9.17) is 11.6 Å². The zero-order valence-corrected chi connectivity index (χ0v) is 17.6. The molecular weight excluding hydrogens is 386 g/mol. The van der Waals surface area contributed by atoms with Gasteiger partial charge in [-0.25, -0.2) is 8.42 Å². The highest BCUT2D eigenvalue weighted by Crippen LogP contribution is 2.25. The Morgan fingerprint density at radius 3 is 2.56 bits per heavy atom. The molecule has 0 aromatic heterocycles. The van der Waals surface area contributed by atoms with Gasteiger partial charge in [0, 0.05) is 12.6 Å². The number of hydrogen-bond donors (Lipinski definition) is 1. The number of quaternary nitrogens is 1. The molecule has 0 saturated carbocycles. The van der Waals surface area contributed by atoms with Gasteiger partial charge in [0.2, 0.25) is 0 Å². The number of likely N-dealkylation sites (N-methyl/N-ethyl adjacent to an activating group) is 1. The second-order valence-corrected chi connectivity index (χ2v) is 10.1. The van der Waals surface area contributed by atoms with Crippen molar-refractivity contribution < 1.29 is 18.1 Å². The van der Waals surface area contributed by atoms with Crippen molar-refractivity contribution in [3.05, 3.63) is 29.3 Å². The predicted molar refractivity (Wildman–Crippen MR) is 108 cm³/mol. The predicted octanol–water partition coefficient (Wildman–Crippen LogP) is 0.469. The fourth-order valence-corrected chi connectivity index (χ4v) is 6.20. The van der Waals surface area contributed by atoms with E-state index >= 15 is 0 Å². The number of amides is 1. The number of nitrogens with zero attached hydrogens (tertiary/aromatic N) is 2. The van der Waals surface area contributed by atoms with Crippen LogP contribution in [0.5, 0.6) is 0 Å². The van der Waals surface area contributed by atoms with E-state index in [0.29, 0.717) is 13.0 Å². The van der Waals surface area contributed by atoms with Gasteiger partial charge in [0.05, 0.1) is 48.4 Å². The number of rotatable bonds is 5. The summed E-state index contributed by atoms with van der Waals surface area (Å²) >= 11 is 6.30. The van der Waals surface area contributed by atoms with E-state index in [-0.39, 0.29) is 29.5 Å². The lowest BCUT2D eigenvalue weighted by molar-refractivity contribution is -0.915. The summed E-state index contributed by atoms with van der Waals surface area (Å²) < 4.78 is 23.6. The fraction of sp³-hybridized carbons (Fsp3) is 0.632. The first-order chi connectivity index (χ1) is 12.8. The summed E-state index contributed by atoms with van der Waals surface area (Å²) in [6.07, 6.45) is 0.560. The Labute approximate surface area is 167 Å². The van der Waals surface area contributed by atoms with Gasteiger partial charge in [0.15, 0.2) is 15.9 Å². The molecule has 1 aromatic rings. The number of nitrogens with one attached hydrogen (secondary N) is 1. The van der Waals surface area contributed by atoms with Crippen molar-refractivity contribution in [1.29, 1.82) is 0 Å². The molecule has 2 aliphatic rings. The van der Waals surface area contributed by atoms with Gasteiger partial charge in [-0.1, -0.05) is 23.7 Å². The van der Waals surface area contributed by atoms with Gasteiger partial charge in [-0.3, -0.25) is 4.79 Å². The molecule has 0 radical (unpaired) electrons. The first-order valence-electron chi connectivity index (χ1n) is 9.67. The number of para-hydroxylation sites is 1. The van der Waals surface area contributed by atoms with Gasteiger partial charge in [-0.2, -0.15) is 0 Å². The average Bonchev–Trinajstić information content (AvgIpc) is 3.01. The Morgan fingerprint density at radius 1 is 1.33 bits per heavy atom. The van der Waals surface area contributed by atoms with Crippen molar-refractivity contribution in [2.75, 3.05) is 49.1 Å². The Hall–Kier alpha value is -1.31. The maximum Gasteiger partial charge on any atom is 0.280 e. The van der Waals surface area contributed by atoms with Crippen LogP contribution in [0.2, 0.25) is 5.02 Å². The molecule has 1 amide bonds. The Bertz CT molecular complexity index is 778. The zero-order valence-electron chi connectivity index (χ0n) is 16.0. The van der Waals surface area contributed by atoms with Crippen LogP contribution in [-0.4, -0.2) is 75.5 Å². The number of anilines is 1. The molecule has 8 heteroatoms. The fourth-order valence-electron chi connectivity index (χ4n) is 4.21. The molecule has 2 heterocycles. The molecule has 150 valence electrons. The number of sulfone groups is 1. The van der Waals surface area contributed by atoms with Crippen LogP contribution in [0.25, 0.3) is 0 Å². The highest BCUT2D eigenvalue weighted by molar-refractivity contribution is 7.91. The lowest BCUT2D eigenvalue weighted by Gasteiger charge is -2.38. The maximum atomic E-state index is 13.1. The molecular formula is C19H29ClN3O3S+. The van der Waals surface area contributed by atoms with Gasteiger partial charge in [0.1, 0.15) is 0 Å². The van der Waals surface area contributed by atoms with E-state index in [1.165, 1.54) is 4.90 Å². The Kier molecular flexibility index (Phi) is 6.33. The summed E-state index contributed by atoms with van der Waals surface area (Å²) in [5.41, 5.74) is 1.04. The molecule has 2 atom stereocenters. The first-order valence-corrected chi connectivity index (χ1v) is 11.9. The molecule has 0 unspecified atom stereocenters. The third-order valence-corrected chi connectivity index (χ3v) is 7.92. The Morgan fingerprint density at radius 2 is 2.00 bits per heavy atom. The third-order valence-electron chi connectivity index (χ3n) is 5.85. The standard InChI is InChI=1S/C19H28ClN3O3S/c1-3-23(16-8-13-27(25,26)14-16)19(24)15(2)21-9-11-22(12-10-21)18-7-5-4-6-17(18)20/h4-7,15-16H,3,8-14H2,1-2H3/p+1/t15-,16+/m1/s1. The second kappa shape index (κ2) is 8.37. The van der Waals surface area contributed by atoms with Gasteiger partial charge < -0.3 is 14.7 Å². The van der Waals surface area contributed by atoms with E-state index < -0.39 is 9.84 Å². The van der Waals surface area contributed by atoms with E-state index in [2.05, 4.69) is 4.90 Å².